The first kappa shape index (κ1) is 18.4. The van der Waals surface area contributed by atoms with Gasteiger partial charge < -0.3 is 10.2 Å². The fourth-order valence-corrected chi connectivity index (χ4v) is 3.60. The van der Waals surface area contributed by atoms with Gasteiger partial charge in [0.1, 0.15) is 5.82 Å². The molecule has 1 aliphatic rings. The first-order valence-electron chi connectivity index (χ1n) is 9.03. The van der Waals surface area contributed by atoms with Crippen LogP contribution in [0.1, 0.15) is 16.7 Å². The highest BCUT2D eigenvalue weighted by molar-refractivity contribution is 5.93. The van der Waals surface area contributed by atoms with Crippen LogP contribution in [0.3, 0.4) is 0 Å². The number of halogens is 1. The van der Waals surface area contributed by atoms with Gasteiger partial charge in [0.2, 0.25) is 5.91 Å². The van der Waals surface area contributed by atoms with E-state index < -0.39 is 0 Å². The van der Waals surface area contributed by atoms with E-state index in [0.717, 1.165) is 48.7 Å². The summed E-state index contributed by atoms with van der Waals surface area (Å²) in [7, 11) is 0. The normalized spacial score (nSPS) is 15.2. The standard InChI is InChI=1S/C21H26FN3O/c1-15-11-16(2)21(17(3)12-15)23-20(26)14-24-7-9-25(10-8-24)19-6-4-5-18(22)13-19/h4-6,11-13H,7-10,14H2,1-3H3,(H,23,26). The van der Waals surface area contributed by atoms with Crippen molar-refractivity contribution in [1.29, 1.82) is 0 Å². The number of hydrogen-bond acceptors (Lipinski definition) is 3. The third kappa shape index (κ3) is 4.41. The Hall–Kier alpha value is -2.40. The Bertz CT molecular complexity index is 775. The van der Waals surface area contributed by atoms with Gasteiger partial charge in [0.25, 0.3) is 0 Å². The molecule has 0 saturated carbocycles. The van der Waals surface area contributed by atoms with Crippen molar-refractivity contribution in [3.8, 4) is 0 Å². The van der Waals surface area contributed by atoms with E-state index in [1.807, 2.05) is 19.9 Å². The Balaban J connectivity index is 1.54. The van der Waals surface area contributed by atoms with Crippen molar-refractivity contribution < 1.29 is 9.18 Å². The number of piperazine rings is 1. The van der Waals surface area contributed by atoms with E-state index in [1.165, 1.54) is 11.6 Å². The molecule has 4 nitrogen and oxygen atoms in total. The van der Waals surface area contributed by atoms with Crippen LogP contribution in [0.5, 0.6) is 0 Å². The maximum absolute atomic E-state index is 13.4. The van der Waals surface area contributed by atoms with Crippen molar-refractivity contribution >= 4 is 17.3 Å². The Morgan fingerprint density at radius 3 is 2.31 bits per heavy atom. The van der Waals surface area contributed by atoms with Crippen LogP contribution in [0.25, 0.3) is 0 Å². The number of carbonyl (C=O) groups excluding carboxylic acids is 1. The number of amides is 1. The Morgan fingerprint density at radius 2 is 1.69 bits per heavy atom. The molecule has 0 spiro atoms. The van der Waals surface area contributed by atoms with Crippen molar-refractivity contribution in [2.24, 2.45) is 0 Å². The number of aryl methyl sites for hydroxylation is 3. The van der Waals surface area contributed by atoms with Crippen molar-refractivity contribution in [3.05, 3.63) is 58.9 Å². The molecule has 1 aliphatic heterocycles. The average Bonchev–Trinajstić information content (AvgIpc) is 2.59. The van der Waals surface area contributed by atoms with Crippen LogP contribution in [0.4, 0.5) is 15.8 Å². The number of nitrogens with one attached hydrogen (secondary N) is 1. The van der Waals surface area contributed by atoms with Gasteiger partial charge in [-0.25, -0.2) is 4.39 Å². The lowest BCUT2D eigenvalue weighted by atomic mass is 10.1. The zero-order chi connectivity index (χ0) is 18.7. The van der Waals surface area contributed by atoms with Crippen LogP contribution in [-0.4, -0.2) is 43.5 Å². The molecule has 1 amide bonds. The van der Waals surface area contributed by atoms with Gasteiger partial charge in [-0.05, 0) is 50.1 Å². The lowest BCUT2D eigenvalue weighted by Gasteiger charge is -2.35. The first-order chi connectivity index (χ1) is 12.4. The summed E-state index contributed by atoms with van der Waals surface area (Å²) < 4.78 is 13.4. The summed E-state index contributed by atoms with van der Waals surface area (Å²) in [5.41, 5.74) is 5.20. The minimum absolute atomic E-state index is 0.0132. The second kappa shape index (κ2) is 7.87. The smallest absolute Gasteiger partial charge is 0.238 e. The van der Waals surface area contributed by atoms with Gasteiger partial charge in [0.15, 0.2) is 0 Å². The largest absolute Gasteiger partial charge is 0.369 e. The number of benzene rings is 2. The molecule has 138 valence electrons. The minimum Gasteiger partial charge on any atom is -0.369 e. The molecule has 0 radical (unpaired) electrons. The summed E-state index contributed by atoms with van der Waals surface area (Å²) in [5, 5.41) is 3.06. The summed E-state index contributed by atoms with van der Waals surface area (Å²) in [6.07, 6.45) is 0. The second-order valence-electron chi connectivity index (χ2n) is 7.06. The molecule has 0 aliphatic carbocycles. The maximum Gasteiger partial charge on any atom is 0.238 e. The van der Waals surface area contributed by atoms with Crippen LogP contribution in [0.15, 0.2) is 36.4 Å². The Labute approximate surface area is 154 Å². The van der Waals surface area contributed by atoms with E-state index >= 15 is 0 Å². The molecule has 3 rings (SSSR count). The highest BCUT2D eigenvalue weighted by Crippen LogP contribution is 2.22. The van der Waals surface area contributed by atoms with Crippen molar-refractivity contribution in [3.63, 3.8) is 0 Å². The number of anilines is 2. The zero-order valence-electron chi connectivity index (χ0n) is 15.7. The van der Waals surface area contributed by atoms with E-state index in [2.05, 4.69) is 34.2 Å². The number of rotatable bonds is 4. The van der Waals surface area contributed by atoms with E-state index in [4.69, 9.17) is 0 Å². The molecule has 0 unspecified atom stereocenters. The summed E-state index contributed by atoms with van der Waals surface area (Å²) in [6, 6.07) is 10.8. The summed E-state index contributed by atoms with van der Waals surface area (Å²) in [4.78, 5) is 16.8. The molecule has 5 heteroatoms. The van der Waals surface area contributed by atoms with Crippen molar-refractivity contribution in [1.82, 2.24) is 4.90 Å². The van der Waals surface area contributed by atoms with Crippen LogP contribution < -0.4 is 10.2 Å². The number of hydrogen-bond donors (Lipinski definition) is 1. The third-order valence-corrected chi connectivity index (χ3v) is 4.85. The number of carbonyl (C=O) groups is 1. The molecule has 2 aromatic rings. The van der Waals surface area contributed by atoms with Crippen molar-refractivity contribution in [2.75, 3.05) is 42.9 Å². The first-order valence-corrected chi connectivity index (χ1v) is 9.03. The minimum atomic E-state index is -0.215. The van der Waals surface area contributed by atoms with Gasteiger partial charge in [-0.1, -0.05) is 23.8 Å². The van der Waals surface area contributed by atoms with Gasteiger partial charge in [0.05, 0.1) is 6.54 Å². The molecule has 0 aromatic heterocycles. The average molecular weight is 355 g/mol. The molecule has 1 N–H and O–H groups in total. The lowest BCUT2D eigenvalue weighted by Crippen LogP contribution is -2.48. The monoisotopic (exact) mass is 355 g/mol. The summed E-state index contributed by atoms with van der Waals surface area (Å²) in [5.74, 6) is -0.201. The zero-order valence-corrected chi connectivity index (χ0v) is 15.7. The summed E-state index contributed by atoms with van der Waals surface area (Å²) >= 11 is 0. The molecular weight excluding hydrogens is 329 g/mol. The molecule has 0 bridgehead atoms. The fourth-order valence-electron chi connectivity index (χ4n) is 3.60. The van der Waals surface area contributed by atoms with Gasteiger partial charge in [-0.2, -0.15) is 0 Å². The molecule has 0 atom stereocenters. The lowest BCUT2D eigenvalue weighted by molar-refractivity contribution is -0.117. The van der Waals surface area contributed by atoms with Crippen molar-refractivity contribution in [2.45, 2.75) is 20.8 Å². The molecule has 26 heavy (non-hydrogen) atoms. The second-order valence-corrected chi connectivity index (χ2v) is 7.06. The van der Waals surface area contributed by atoms with E-state index in [9.17, 15) is 9.18 Å². The molecule has 1 fully saturated rings. The highest BCUT2D eigenvalue weighted by Gasteiger charge is 2.20. The highest BCUT2D eigenvalue weighted by atomic mass is 19.1. The van der Waals surface area contributed by atoms with E-state index in [1.54, 1.807) is 12.1 Å². The maximum atomic E-state index is 13.4. The van der Waals surface area contributed by atoms with Gasteiger partial charge in [-0.3, -0.25) is 9.69 Å². The quantitative estimate of drug-likeness (QED) is 0.912. The SMILES string of the molecule is Cc1cc(C)c(NC(=O)CN2CCN(c3cccc(F)c3)CC2)c(C)c1. The fraction of sp³-hybridized carbons (Fsp3) is 0.381. The van der Waals surface area contributed by atoms with E-state index in [0.29, 0.717) is 6.54 Å². The molecule has 2 aromatic carbocycles. The Morgan fingerprint density at radius 1 is 1.04 bits per heavy atom. The van der Waals surface area contributed by atoms with Crippen LogP contribution in [0.2, 0.25) is 0 Å². The summed E-state index contributed by atoms with van der Waals surface area (Å²) in [6.45, 7) is 9.64. The van der Waals surface area contributed by atoms with Gasteiger partial charge >= 0.3 is 0 Å². The predicted molar refractivity (Wildman–Crippen MR) is 104 cm³/mol. The van der Waals surface area contributed by atoms with Gasteiger partial charge in [-0.15, -0.1) is 0 Å². The molecule has 1 heterocycles. The van der Waals surface area contributed by atoms with Gasteiger partial charge in [0, 0.05) is 37.6 Å². The predicted octanol–water partition coefficient (Wildman–Crippen LogP) is 3.51. The molecular formula is C21H26FN3O. The Kier molecular flexibility index (Phi) is 5.57. The van der Waals surface area contributed by atoms with Crippen LogP contribution in [0, 0.1) is 26.6 Å². The number of nitrogens with zero attached hydrogens (tertiary/aromatic N) is 2. The van der Waals surface area contributed by atoms with Crippen LogP contribution in [-0.2, 0) is 4.79 Å². The molecule has 1 saturated heterocycles. The third-order valence-electron chi connectivity index (χ3n) is 4.85. The van der Waals surface area contributed by atoms with E-state index in [-0.39, 0.29) is 11.7 Å². The van der Waals surface area contributed by atoms with Crippen LogP contribution >= 0.6 is 0 Å². The topological polar surface area (TPSA) is 35.6 Å².